The van der Waals surface area contributed by atoms with Crippen molar-refractivity contribution in [2.24, 2.45) is 29.6 Å². The third-order valence-corrected chi connectivity index (χ3v) is 6.47. The zero-order chi connectivity index (χ0) is 12.3. The predicted molar refractivity (Wildman–Crippen MR) is 68.9 cm³/mol. The molecule has 0 amide bonds. The van der Waals surface area contributed by atoms with Gasteiger partial charge in [-0.1, -0.05) is 6.42 Å². The van der Waals surface area contributed by atoms with Crippen LogP contribution < -0.4 is 0 Å². The second-order valence-corrected chi connectivity index (χ2v) is 7.60. The maximum Gasteiger partial charge on any atom is 0.309 e. The normalized spacial score (nSPS) is 53.1. The van der Waals surface area contributed by atoms with Crippen LogP contribution in [-0.4, -0.2) is 11.6 Å². The van der Waals surface area contributed by atoms with Gasteiger partial charge in [-0.2, -0.15) is 0 Å². The third-order valence-electron chi connectivity index (χ3n) is 6.47. The Balaban J connectivity index is 1.44. The highest BCUT2D eigenvalue weighted by Crippen LogP contribution is 2.54. The van der Waals surface area contributed by atoms with Gasteiger partial charge in [-0.3, -0.25) is 4.79 Å². The Morgan fingerprint density at radius 1 is 1.06 bits per heavy atom. The molecule has 0 heterocycles. The highest BCUT2D eigenvalue weighted by Gasteiger charge is 2.52. The SMILES string of the molecule is C[C@@]1(OC(=O)C2CC3CCC2C3)CC2CCC1C2. The molecule has 100 valence electrons. The summed E-state index contributed by atoms with van der Waals surface area (Å²) in [7, 11) is 0. The van der Waals surface area contributed by atoms with Gasteiger partial charge in [-0.25, -0.2) is 0 Å². The fourth-order valence-electron chi connectivity index (χ4n) is 5.52. The molecule has 0 aromatic carbocycles. The monoisotopic (exact) mass is 248 g/mol. The molecule has 6 atom stereocenters. The number of ether oxygens (including phenoxy) is 1. The molecule has 5 unspecified atom stereocenters. The Hall–Kier alpha value is -0.530. The van der Waals surface area contributed by atoms with E-state index in [2.05, 4.69) is 6.92 Å². The number of rotatable bonds is 2. The third kappa shape index (κ3) is 1.57. The molecule has 0 saturated heterocycles. The summed E-state index contributed by atoms with van der Waals surface area (Å²) in [5.41, 5.74) is -0.109. The lowest BCUT2D eigenvalue weighted by atomic mass is 9.84. The van der Waals surface area contributed by atoms with Gasteiger partial charge in [0.1, 0.15) is 5.60 Å². The minimum absolute atomic E-state index is 0.109. The van der Waals surface area contributed by atoms with E-state index < -0.39 is 0 Å². The van der Waals surface area contributed by atoms with Crippen LogP contribution in [0.25, 0.3) is 0 Å². The van der Waals surface area contributed by atoms with Gasteiger partial charge < -0.3 is 4.74 Å². The van der Waals surface area contributed by atoms with Crippen LogP contribution in [0, 0.1) is 29.6 Å². The second-order valence-electron chi connectivity index (χ2n) is 7.60. The Bertz CT molecular complexity index is 377. The highest BCUT2D eigenvalue weighted by molar-refractivity contribution is 5.74. The lowest BCUT2D eigenvalue weighted by molar-refractivity contribution is -0.170. The van der Waals surface area contributed by atoms with Crippen molar-refractivity contribution in [3.63, 3.8) is 0 Å². The number of carbonyl (C=O) groups excluding carboxylic acids is 1. The van der Waals surface area contributed by atoms with E-state index in [1.165, 1.54) is 38.5 Å². The summed E-state index contributed by atoms with van der Waals surface area (Å²) in [5.74, 6) is 3.39. The molecule has 4 aliphatic rings. The van der Waals surface area contributed by atoms with Gasteiger partial charge in [-0.15, -0.1) is 0 Å². The molecule has 4 saturated carbocycles. The van der Waals surface area contributed by atoms with E-state index in [-0.39, 0.29) is 17.5 Å². The average Bonchev–Trinajstić information content (AvgIpc) is 3.07. The van der Waals surface area contributed by atoms with Gasteiger partial charge in [0.25, 0.3) is 0 Å². The van der Waals surface area contributed by atoms with Gasteiger partial charge in [0.2, 0.25) is 0 Å². The molecule has 0 N–H and O–H groups in total. The first-order valence-electron chi connectivity index (χ1n) is 7.87. The first-order valence-corrected chi connectivity index (χ1v) is 7.87. The van der Waals surface area contributed by atoms with E-state index in [1.54, 1.807) is 0 Å². The molecular formula is C16H24O2. The second kappa shape index (κ2) is 3.74. The smallest absolute Gasteiger partial charge is 0.309 e. The van der Waals surface area contributed by atoms with E-state index in [1.807, 2.05) is 0 Å². The van der Waals surface area contributed by atoms with Crippen molar-refractivity contribution in [1.29, 1.82) is 0 Å². The first-order chi connectivity index (χ1) is 8.64. The number of hydrogen-bond donors (Lipinski definition) is 0. The Kier molecular flexibility index (Phi) is 2.35. The van der Waals surface area contributed by atoms with Crippen LogP contribution in [0.1, 0.15) is 58.3 Å². The largest absolute Gasteiger partial charge is 0.459 e. The molecule has 2 heteroatoms. The Morgan fingerprint density at radius 3 is 2.44 bits per heavy atom. The molecule has 4 bridgehead atoms. The molecule has 18 heavy (non-hydrogen) atoms. The maximum atomic E-state index is 12.5. The van der Waals surface area contributed by atoms with Crippen LogP contribution in [0.4, 0.5) is 0 Å². The van der Waals surface area contributed by atoms with Gasteiger partial charge in [-0.05, 0) is 75.5 Å². The minimum Gasteiger partial charge on any atom is -0.459 e. The molecule has 2 nitrogen and oxygen atoms in total. The van der Waals surface area contributed by atoms with Gasteiger partial charge in [0, 0.05) is 0 Å². The fraction of sp³-hybridized carbons (Fsp3) is 0.938. The van der Waals surface area contributed by atoms with Gasteiger partial charge in [0.05, 0.1) is 5.92 Å². The fourth-order valence-corrected chi connectivity index (χ4v) is 5.52. The van der Waals surface area contributed by atoms with Crippen molar-refractivity contribution >= 4 is 5.97 Å². The minimum atomic E-state index is -0.109. The van der Waals surface area contributed by atoms with Crippen molar-refractivity contribution < 1.29 is 9.53 Å². The maximum absolute atomic E-state index is 12.5. The average molecular weight is 248 g/mol. The standard InChI is InChI=1S/C16H24O2/c1-16(9-11-3-5-13(16)7-11)18-15(17)14-8-10-2-4-12(14)6-10/h10-14H,2-9H2,1H3/t10?,11?,12?,13?,14?,16-/m1/s1. The molecule has 0 spiro atoms. The number of hydrogen-bond acceptors (Lipinski definition) is 2. The van der Waals surface area contributed by atoms with Crippen LogP contribution in [0.3, 0.4) is 0 Å². The summed E-state index contributed by atoms with van der Waals surface area (Å²) in [6.07, 6.45) is 10.1. The topological polar surface area (TPSA) is 26.3 Å². The molecule has 4 aliphatic carbocycles. The molecular weight excluding hydrogens is 224 g/mol. The van der Waals surface area contributed by atoms with Crippen LogP contribution in [0.5, 0.6) is 0 Å². The summed E-state index contributed by atoms with van der Waals surface area (Å²) in [6, 6.07) is 0. The quantitative estimate of drug-likeness (QED) is 0.699. The predicted octanol–water partition coefficient (Wildman–Crippen LogP) is 3.54. The summed E-state index contributed by atoms with van der Waals surface area (Å²) in [6.45, 7) is 2.20. The van der Waals surface area contributed by atoms with Crippen LogP contribution in [-0.2, 0) is 9.53 Å². The van der Waals surface area contributed by atoms with Gasteiger partial charge in [0.15, 0.2) is 0 Å². The van der Waals surface area contributed by atoms with E-state index in [0.717, 1.165) is 24.7 Å². The molecule has 0 aromatic rings. The Morgan fingerprint density at radius 2 is 1.89 bits per heavy atom. The van der Waals surface area contributed by atoms with Crippen molar-refractivity contribution in [2.75, 3.05) is 0 Å². The zero-order valence-corrected chi connectivity index (χ0v) is 11.4. The lowest BCUT2D eigenvalue weighted by Crippen LogP contribution is -2.40. The molecule has 4 rings (SSSR count). The molecule has 0 radical (unpaired) electrons. The number of esters is 1. The number of fused-ring (bicyclic) bond motifs is 4. The summed E-state index contributed by atoms with van der Waals surface area (Å²) >= 11 is 0. The van der Waals surface area contributed by atoms with E-state index in [4.69, 9.17) is 4.74 Å². The molecule has 4 fully saturated rings. The van der Waals surface area contributed by atoms with Gasteiger partial charge >= 0.3 is 5.97 Å². The van der Waals surface area contributed by atoms with E-state index in [0.29, 0.717) is 11.8 Å². The van der Waals surface area contributed by atoms with Crippen LogP contribution >= 0.6 is 0 Å². The van der Waals surface area contributed by atoms with Crippen molar-refractivity contribution in [3.8, 4) is 0 Å². The Labute approximate surface area is 109 Å². The summed E-state index contributed by atoms with van der Waals surface area (Å²) in [4.78, 5) is 12.5. The summed E-state index contributed by atoms with van der Waals surface area (Å²) < 4.78 is 6.03. The van der Waals surface area contributed by atoms with E-state index >= 15 is 0 Å². The highest BCUT2D eigenvalue weighted by atomic mass is 16.6. The van der Waals surface area contributed by atoms with Crippen molar-refractivity contribution in [3.05, 3.63) is 0 Å². The summed E-state index contributed by atoms with van der Waals surface area (Å²) in [5, 5.41) is 0. The first kappa shape index (κ1) is 11.3. The molecule has 0 aromatic heterocycles. The van der Waals surface area contributed by atoms with Crippen LogP contribution in [0.2, 0.25) is 0 Å². The van der Waals surface area contributed by atoms with Crippen LogP contribution in [0.15, 0.2) is 0 Å². The lowest BCUT2D eigenvalue weighted by Gasteiger charge is -2.35. The van der Waals surface area contributed by atoms with E-state index in [9.17, 15) is 4.79 Å². The zero-order valence-electron chi connectivity index (χ0n) is 11.4. The van der Waals surface area contributed by atoms with Crippen molar-refractivity contribution in [2.45, 2.75) is 63.9 Å². The number of carbonyl (C=O) groups is 1. The van der Waals surface area contributed by atoms with Crippen molar-refractivity contribution in [1.82, 2.24) is 0 Å². The molecule has 0 aliphatic heterocycles.